The predicted molar refractivity (Wildman–Crippen MR) is 95.4 cm³/mol. The topological polar surface area (TPSA) is 57.0 Å². The van der Waals surface area contributed by atoms with E-state index in [1.165, 1.54) is 19.2 Å². The van der Waals surface area contributed by atoms with Gasteiger partial charge in [0.05, 0.1) is 18.3 Å². The first-order chi connectivity index (χ1) is 12.1. The minimum Gasteiger partial charge on any atom is -0.464 e. The predicted octanol–water partition coefficient (Wildman–Crippen LogP) is 4.26. The molecule has 0 amide bonds. The van der Waals surface area contributed by atoms with Gasteiger partial charge in [-0.2, -0.15) is 5.10 Å². The Kier molecular flexibility index (Phi) is 3.73. The van der Waals surface area contributed by atoms with E-state index >= 15 is 0 Å². The van der Waals surface area contributed by atoms with Gasteiger partial charge in [0.15, 0.2) is 5.69 Å². The van der Waals surface area contributed by atoms with E-state index < -0.39 is 5.97 Å². The molecule has 0 bridgehead atoms. The van der Waals surface area contributed by atoms with E-state index in [0.717, 1.165) is 20.8 Å². The van der Waals surface area contributed by atoms with E-state index in [-0.39, 0.29) is 11.5 Å². The lowest BCUT2D eigenvalue weighted by Gasteiger charge is -2.07. The normalized spacial score (nSPS) is 11.2. The summed E-state index contributed by atoms with van der Waals surface area (Å²) in [4.78, 5) is 16.3. The minimum atomic E-state index is -0.536. The van der Waals surface area contributed by atoms with Crippen LogP contribution in [0.3, 0.4) is 0 Å². The van der Waals surface area contributed by atoms with Gasteiger partial charge in [-0.15, -0.1) is 0 Å². The molecule has 7 heteroatoms. The fraction of sp³-hybridized carbons (Fsp3) is 0.0556. The Morgan fingerprint density at radius 1 is 1.16 bits per heavy atom. The molecule has 0 spiro atoms. The van der Waals surface area contributed by atoms with Crippen LogP contribution in [0.1, 0.15) is 10.5 Å². The van der Waals surface area contributed by atoms with Gasteiger partial charge in [-0.05, 0) is 36.4 Å². The zero-order valence-electron chi connectivity index (χ0n) is 13.0. The number of hydrogen-bond donors (Lipinski definition) is 0. The Morgan fingerprint density at radius 2 is 1.92 bits per heavy atom. The van der Waals surface area contributed by atoms with Crippen molar-refractivity contribution in [2.45, 2.75) is 0 Å². The van der Waals surface area contributed by atoms with Crippen LogP contribution >= 0.6 is 15.9 Å². The zero-order chi connectivity index (χ0) is 17.6. The molecule has 4 rings (SSSR count). The van der Waals surface area contributed by atoms with Crippen LogP contribution in [0.4, 0.5) is 4.39 Å². The Morgan fingerprint density at radius 3 is 2.64 bits per heavy atom. The van der Waals surface area contributed by atoms with Crippen molar-refractivity contribution in [1.82, 2.24) is 14.8 Å². The van der Waals surface area contributed by atoms with Crippen molar-refractivity contribution in [3.8, 4) is 5.69 Å². The number of fused-ring (bicyclic) bond motifs is 3. The number of nitrogens with zero attached hydrogens (tertiary/aromatic N) is 3. The second-order valence-corrected chi connectivity index (χ2v) is 6.26. The Bertz CT molecular complexity index is 1120. The molecule has 2 aromatic heterocycles. The maximum atomic E-state index is 13.3. The summed E-state index contributed by atoms with van der Waals surface area (Å²) in [6.45, 7) is 0. The summed E-state index contributed by atoms with van der Waals surface area (Å²) >= 11 is 3.52. The molecule has 0 aliphatic rings. The number of rotatable bonds is 2. The molecule has 25 heavy (non-hydrogen) atoms. The number of hydrogen-bond acceptors (Lipinski definition) is 4. The number of esters is 1. The van der Waals surface area contributed by atoms with E-state index in [0.29, 0.717) is 11.1 Å². The third kappa shape index (κ3) is 2.47. The number of aromatic nitrogens is 3. The van der Waals surface area contributed by atoms with Gasteiger partial charge < -0.3 is 4.74 Å². The van der Waals surface area contributed by atoms with Gasteiger partial charge in [-0.1, -0.05) is 15.9 Å². The maximum Gasteiger partial charge on any atom is 0.359 e. The second kappa shape index (κ2) is 5.93. The van der Waals surface area contributed by atoms with Crippen molar-refractivity contribution in [2.75, 3.05) is 7.11 Å². The molecule has 0 fully saturated rings. The summed E-state index contributed by atoms with van der Waals surface area (Å²) in [6.07, 6.45) is 3.41. The SMILES string of the molecule is COC(=O)c1nn(-c2ccc(F)cc2)c2c1cc(Br)c1cnccc12. The van der Waals surface area contributed by atoms with E-state index in [1.54, 1.807) is 29.2 Å². The molecular formula is C18H11BrFN3O2. The lowest BCUT2D eigenvalue weighted by molar-refractivity contribution is 0.0595. The maximum absolute atomic E-state index is 13.3. The van der Waals surface area contributed by atoms with E-state index in [2.05, 4.69) is 26.0 Å². The van der Waals surface area contributed by atoms with E-state index in [9.17, 15) is 9.18 Å². The lowest BCUT2D eigenvalue weighted by Crippen LogP contribution is -2.04. The minimum absolute atomic E-state index is 0.196. The summed E-state index contributed by atoms with van der Waals surface area (Å²) in [7, 11) is 1.31. The first-order valence-corrected chi connectivity index (χ1v) is 8.18. The molecule has 5 nitrogen and oxygen atoms in total. The Hall–Kier alpha value is -2.80. The molecule has 0 radical (unpaired) electrons. The molecule has 0 unspecified atom stereocenters. The van der Waals surface area contributed by atoms with E-state index in [4.69, 9.17) is 4.74 Å². The molecule has 2 heterocycles. The molecular weight excluding hydrogens is 389 g/mol. The molecule has 0 atom stereocenters. The second-order valence-electron chi connectivity index (χ2n) is 5.40. The van der Waals surface area contributed by atoms with Gasteiger partial charge in [0.1, 0.15) is 5.82 Å². The van der Waals surface area contributed by atoms with Gasteiger partial charge in [0, 0.05) is 33.0 Å². The molecule has 0 aliphatic heterocycles. The van der Waals surface area contributed by atoms with Crippen LogP contribution in [0.15, 0.2) is 53.3 Å². The summed E-state index contributed by atoms with van der Waals surface area (Å²) in [5.41, 5.74) is 1.57. The summed E-state index contributed by atoms with van der Waals surface area (Å²) in [5.74, 6) is -0.878. The number of benzene rings is 2. The Labute approximate surface area is 150 Å². The van der Waals surface area contributed by atoms with Crippen LogP contribution in [0.2, 0.25) is 0 Å². The fourth-order valence-electron chi connectivity index (χ4n) is 2.84. The summed E-state index contributed by atoms with van der Waals surface area (Å²) in [5, 5.41) is 6.82. The molecule has 0 aliphatic carbocycles. The van der Waals surface area contributed by atoms with E-state index in [1.807, 2.05) is 12.1 Å². The highest BCUT2D eigenvalue weighted by molar-refractivity contribution is 9.10. The van der Waals surface area contributed by atoms with Crippen molar-refractivity contribution < 1.29 is 13.9 Å². The van der Waals surface area contributed by atoms with Gasteiger partial charge in [0.2, 0.25) is 0 Å². The summed E-state index contributed by atoms with van der Waals surface area (Å²) < 4.78 is 20.6. The van der Waals surface area contributed by atoms with Crippen LogP contribution in [0, 0.1) is 5.82 Å². The van der Waals surface area contributed by atoms with Crippen molar-refractivity contribution in [3.63, 3.8) is 0 Å². The van der Waals surface area contributed by atoms with Gasteiger partial charge >= 0.3 is 5.97 Å². The van der Waals surface area contributed by atoms with Gasteiger partial charge in [0.25, 0.3) is 0 Å². The first kappa shape index (κ1) is 15.7. The lowest BCUT2D eigenvalue weighted by atomic mass is 10.1. The van der Waals surface area contributed by atoms with Crippen molar-refractivity contribution in [3.05, 3.63) is 64.8 Å². The highest BCUT2D eigenvalue weighted by Crippen LogP contribution is 2.34. The quantitative estimate of drug-likeness (QED) is 0.472. The van der Waals surface area contributed by atoms with Crippen molar-refractivity contribution >= 4 is 43.6 Å². The Balaban J connectivity index is 2.16. The number of ether oxygens (including phenoxy) is 1. The number of carbonyl (C=O) groups is 1. The fourth-order valence-corrected chi connectivity index (χ4v) is 3.38. The van der Waals surface area contributed by atoms with Crippen LogP contribution in [-0.4, -0.2) is 27.8 Å². The number of methoxy groups -OCH3 is 1. The molecule has 124 valence electrons. The van der Waals surface area contributed by atoms with Crippen LogP contribution < -0.4 is 0 Å². The highest BCUT2D eigenvalue weighted by Gasteiger charge is 2.21. The van der Waals surface area contributed by atoms with Gasteiger partial charge in [-0.25, -0.2) is 13.9 Å². The standard InChI is InChI=1S/C18H11BrFN3O2/c1-25-18(24)16-13-8-15(19)14-9-21-7-6-12(14)17(13)23(22-16)11-4-2-10(20)3-5-11/h2-9H,1H3. The van der Waals surface area contributed by atoms with Crippen LogP contribution in [0.25, 0.3) is 27.4 Å². The number of carbonyl (C=O) groups excluding carboxylic acids is 1. The van der Waals surface area contributed by atoms with Crippen LogP contribution in [-0.2, 0) is 4.74 Å². The monoisotopic (exact) mass is 399 g/mol. The highest BCUT2D eigenvalue weighted by atomic mass is 79.9. The molecule has 4 aromatic rings. The number of pyridine rings is 1. The van der Waals surface area contributed by atoms with Crippen LogP contribution in [0.5, 0.6) is 0 Å². The molecule has 0 saturated heterocycles. The molecule has 2 aromatic carbocycles. The summed E-state index contributed by atoms with van der Waals surface area (Å²) in [6, 6.07) is 9.59. The molecule has 0 saturated carbocycles. The van der Waals surface area contributed by atoms with Crippen molar-refractivity contribution in [1.29, 1.82) is 0 Å². The largest absolute Gasteiger partial charge is 0.464 e. The average Bonchev–Trinajstić information content (AvgIpc) is 3.01. The zero-order valence-corrected chi connectivity index (χ0v) is 14.6. The first-order valence-electron chi connectivity index (χ1n) is 7.39. The third-order valence-corrected chi connectivity index (χ3v) is 4.63. The van der Waals surface area contributed by atoms with Crippen molar-refractivity contribution in [2.24, 2.45) is 0 Å². The smallest absolute Gasteiger partial charge is 0.359 e. The number of halogens is 2. The average molecular weight is 400 g/mol. The third-order valence-electron chi connectivity index (χ3n) is 3.98. The molecule has 0 N–H and O–H groups in total. The van der Waals surface area contributed by atoms with Gasteiger partial charge in [-0.3, -0.25) is 4.98 Å².